The number of benzene rings is 3. The molecule has 11 heteroatoms. The van der Waals surface area contributed by atoms with Crippen LogP contribution in [0.25, 0.3) is 11.2 Å². The minimum atomic E-state index is -2.21. The first-order valence-electron chi connectivity index (χ1n) is 16.2. The fourth-order valence-electron chi connectivity index (χ4n) is 6.06. The van der Waals surface area contributed by atoms with Crippen LogP contribution in [0, 0.1) is 0 Å². The summed E-state index contributed by atoms with van der Waals surface area (Å²) < 4.78 is 34.2. The zero-order valence-electron chi connectivity index (χ0n) is 28.7. The molecule has 2 aromatic heterocycles. The first-order valence-corrected chi connectivity index (χ1v) is 19.1. The van der Waals surface area contributed by atoms with E-state index >= 15 is 0 Å². The van der Waals surface area contributed by atoms with Gasteiger partial charge in [0.05, 0.1) is 33.3 Å². The van der Waals surface area contributed by atoms with E-state index in [1.165, 1.54) is 6.33 Å². The normalized spacial score (nSPS) is 18.7. The first kappa shape index (κ1) is 33.6. The number of nitrogens with two attached hydrogens (primary N) is 1. The molecule has 10 nitrogen and oxygen atoms in total. The van der Waals surface area contributed by atoms with E-state index in [-0.39, 0.29) is 24.0 Å². The number of nitrogens with zero attached hydrogens (tertiary/aromatic N) is 4. The summed E-state index contributed by atoms with van der Waals surface area (Å²) in [5, 5.41) is -0.000141. The first-order chi connectivity index (χ1) is 23.0. The molecule has 5 aromatic rings. The zero-order chi connectivity index (χ0) is 34.1. The Morgan fingerprint density at radius 2 is 1.42 bits per heavy atom. The van der Waals surface area contributed by atoms with E-state index in [1.54, 1.807) is 20.5 Å². The van der Waals surface area contributed by atoms with Crippen LogP contribution in [0.4, 0.5) is 5.82 Å². The number of aromatic nitrogens is 4. The predicted octanol–water partition coefficient (Wildman–Crippen LogP) is 7.11. The summed E-state index contributed by atoms with van der Waals surface area (Å²) in [6.07, 6.45) is 2.73. The molecule has 1 aliphatic heterocycles. The second-order valence-corrected chi connectivity index (χ2v) is 18.4. The van der Waals surface area contributed by atoms with Gasteiger partial charge in [-0.25, -0.2) is 15.0 Å². The lowest BCUT2D eigenvalue weighted by atomic mass is 9.80. The van der Waals surface area contributed by atoms with Crippen LogP contribution < -0.4 is 15.2 Å². The molecule has 0 aliphatic carbocycles. The van der Waals surface area contributed by atoms with Gasteiger partial charge in [0.25, 0.3) is 0 Å². The molecule has 0 radical (unpaired) electrons. The molecule has 1 fully saturated rings. The van der Waals surface area contributed by atoms with E-state index in [9.17, 15) is 0 Å². The highest BCUT2D eigenvalue weighted by molar-refractivity contribution is 6.74. The van der Waals surface area contributed by atoms with Crippen LogP contribution in [-0.4, -0.2) is 60.9 Å². The molecule has 2 N–H and O–H groups in total. The molecule has 3 aromatic carbocycles. The molecule has 1 saturated heterocycles. The maximum Gasteiger partial charge on any atom is 0.192 e. The smallest absolute Gasteiger partial charge is 0.192 e. The largest absolute Gasteiger partial charge is 0.497 e. The van der Waals surface area contributed by atoms with Gasteiger partial charge in [0.2, 0.25) is 0 Å². The molecule has 0 amide bonds. The maximum atomic E-state index is 7.28. The quantitative estimate of drug-likeness (QED) is 0.116. The summed E-state index contributed by atoms with van der Waals surface area (Å²) >= 11 is 0. The molecule has 0 bridgehead atoms. The van der Waals surface area contributed by atoms with Gasteiger partial charge in [-0.3, -0.25) is 4.57 Å². The Balaban J connectivity index is 1.43. The summed E-state index contributed by atoms with van der Waals surface area (Å²) in [5.41, 5.74) is 9.17. The van der Waals surface area contributed by atoms with Crippen LogP contribution in [0.5, 0.6) is 11.5 Å². The zero-order valence-corrected chi connectivity index (χ0v) is 29.7. The van der Waals surface area contributed by atoms with Gasteiger partial charge in [-0.05, 0) is 59.1 Å². The SMILES string of the molecule is COc1ccc(C(OCC2OC(n3cnc4c(N)ncnc43)CC2O[Si](C)(C)C(C)(C)C)(c2ccccc2)c2ccc(OC)cc2)cc1. The topological polar surface area (TPSA) is 116 Å². The van der Waals surface area contributed by atoms with Crippen molar-refractivity contribution >= 4 is 25.3 Å². The molecule has 0 saturated carbocycles. The van der Waals surface area contributed by atoms with Gasteiger partial charge in [0.15, 0.2) is 19.8 Å². The van der Waals surface area contributed by atoms with Crippen molar-refractivity contribution in [2.24, 2.45) is 0 Å². The number of hydrogen-bond donors (Lipinski definition) is 1. The van der Waals surface area contributed by atoms with Crippen molar-refractivity contribution in [1.82, 2.24) is 19.5 Å². The number of methoxy groups -OCH3 is 2. The molecule has 0 spiro atoms. The summed E-state index contributed by atoms with van der Waals surface area (Å²) in [4.78, 5) is 13.1. The van der Waals surface area contributed by atoms with E-state index in [0.717, 1.165) is 28.2 Å². The summed E-state index contributed by atoms with van der Waals surface area (Å²) in [5.74, 6) is 1.85. The minimum absolute atomic E-state index is 0.000141. The highest BCUT2D eigenvalue weighted by Crippen LogP contribution is 2.45. The number of rotatable bonds is 11. The third-order valence-corrected chi connectivity index (χ3v) is 14.3. The van der Waals surface area contributed by atoms with Crippen molar-refractivity contribution in [1.29, 1.82) is 0 Å². The third-order valence-electron chi connectivity index (χ3n) is 9.77. The Morgan fingerprint density at radius 1 is 0.833 bits per heavy atom. The van der Waals surface area contributed by atoms with Crippen LogP contribution >= 0.6 is 0 Å². The molecular weight excluding hydrogens is 623 g/mol. The van der Waals surface area contributed by atoms with E-state index in [4.69, 9.17) is 29.1 Å². The lowest BCUT2D eigenvalue weighted by Gasteiger charge is -2.40. The van der Waals surface area contributed by atoms with E-state index < -0.39 is 20.0 Å². The number of imidazole rings is 1. The van der Waals surface area contributed by atoms with Crippen LogP contribution in [0.15, 0.2) is 91.5 Å². The highest BCUT2D eigenvalue weighted by Gasteiger charge is 2.47. The number of nitrogen functional groups attached to an aromatic ring is 1. The lowest BCUT2D eigenvalue weighted by molar-refractivity contribution is -0.0914. The van der Waals surface area contributed by atoms with Gasteiger partial charge >= 0.3 is 0 Å². The summed E-state index contributed by atoms with van der Waals surface area (Å²) in [7, 11) is 1.12. The third kappa shape index (κ3) is 6.30. The van der Waals surface area contributed by atoms with E-state index in [2.05, 4.69) is 85.2 Å². The molecule has 252 valence electrons. The number of anilines is 1. The highest BCUT2D eigenvalue weighted by atomic mass is 28.4. The average Bonchev–Trinajstić information content (AvgIpc) is 3.70. The lowest BCUT2D eigenvalue weighted by Crippen LogP contribution is -2.47. The standard InChI is InChI=1S/C37H45N5O5Si/c1-36(2,3)48(6,7)47-30-21-32(42-24-41-33-34(38)39-23-40-35(33)42)46-31(30)22-45-37(25-11-9-8-10-12-25,26-13-17-28(43-4)18-14-26)27-15-19-29(44-5)20-16-27/h8-20,23-24,30-32H,21-22H2,1-7H3,(H2,38,39,40). The number of ether oxygens (including phenoxy) is 4. The van der Waals surface area contributed by atoms with Crippen molar-refractivity contribution in [3.63, 3.8) is 0 Å². The molecule has 3 unspecified atom stereocenters. The van der Waals surface area contributed by atoms with Gasteiger partial charge in [-0.2, -0.15) is 0 Å². The summed E-state index contributed by atoms with van der Waals surface area (Å²) in [6.45, 7) is 11.5. The fraction of sp³-hybridized carbons (Fsp3) is 0.378. The number of fused-ring (bicyclic) bond motifs is 1. The van der Waals surface area contributed by atoms with Gasteiger partial charge < -0.3 is 29.1 Å². The average molecular weight is 668 g/mol. The van der Waals surface area contributed by atoms with Crippen molar-refractivity contribution in [2.75, 3.05) is 26.6 Å². The second-order valence-electron chi connectivity index (χ2n) is 13.7. The molecule has 1 aliphatic rings. The Bertz CT molecular complexity index is 1780. The van der Waals surface area contributed by atoms with Crippen molar-refractivity contribution in [2.45, 2.75) is 69.4 Å². The maximum absolute atomic E-state index is 7.28. The predicted molar refractivity (Wildman–Crippen MR) is 189 cm³/mol. The van der Waals surface area contributed by atoms with Crippen LogP contribution in [-0.2, 0) is 19.5 Å². The van der Waals surface area contributed by atoms with E-state index in [1.807, 2.05) is 47.0 Å². The monoisotopic (exact) mass is 667 g/mol. The molecular formula is C37H45N5O5Si. The summed E-state index contributed by atoms with van der Waals surface area (Å²) in [6, 6.07) is 26.3. The van der Waals surface area contributed by atoms with Crippen molar-refractivity contribution < 1.29 is 23.4 Å². The Morgan fingerprint density at radius 3 is 1.98 bits per heavy atom. The van der Waals surface area contributed by atoms with E-state index in [0.29, 0.717) is 23.4 Å². The Hall–Kier alpha value is -4.29. The van der Waals surface area contributed by atoms with Gasteiger partial charge in [0.1, 0.15) is 41.3 Å². The fourth-order valence-corrected chi connectivity index (χ4v) is 7.42. The molecule has 6 rings (SSSR count). The van der Waals surface area contributed by atoms with Crippen LogP contribution in [0.2, 0.25) is 18.1 Å². The number of hydrogen-bond acceptors (Lipinski definition) is 9. The van der Waals surface area contributed by atoms with Crippen molar-refractivity contribution in [3.05, 3.63) is 108 Å². The van der Waals surface area contributed by atoms with Crippen LogP contribution in [0.3, 0.4) is 0 Å². The molecule has 3 heterocycles. The van der Waals surface area contributed by atoms with Crippen LogP contribution in [0.1, 0.15) is 50.1 Å². The molecule has 3 atom stereocenters. The van der Waals surface area contributed by atoms with Gasteiger partial charge in [0, 0.05) is 6.42 Å². The van der Waals surface area contributed by atoms with Gasteiger partial charge in [-0.15, -0.1) is 0 Å². The minimum Gasteiger partial charge on any atom is -0.497 e. The Labute approximate surface area is 283 Å². The van der Waals surface area contributed by atoms with Crippen molar-refractivity contribution in [3.8, 4) is 11.5 Å². The van der Waals surface area contributed by atoms with Gasteiger partial charge in [-0.1, -0.05) is 75.4 Å². The molecule has 48 heavy (non-hydrogen) atoms. The Kier molecular flexibility index (Phi) is 9.32. The second kappa shape index (κ2) is 13.3.